The van der Waals surface area contributed by atoms with E-state index in [-0.39, 0.29) is 5.25 Å². The Morgan fingerprint density at radius 1 is 1.44 bits per heavy atom. The Labute approximate surface area is 101 Å². The zero-order valence-electron chi connectivity index (χ0n) is 9.44. The van der Waals surface area contributed by atoms with Crippen LogP contribution in [-0.4, -0.2) is 11.3 Å². The summed E-state index contributed by atoms with van der Waals surface area (Å²) in [6, 6.07) is 11.5. The molecule has 0 spiro atoms. The predicted octanol–water partition coefficient (Wildman–Crippen LogP) is 2.94. The minimum Gasteiger partial charge on any atom is -0.310 e. The van der Waals surface area contributed by atoms with Crippen LogP contribution in [0.2, 0.25) is 0 Å². The highest BCUT2D eigenvalue weighted by atomic mass is 32.2. The van der Waals surface area contributed by atoms with Gasteiger partial charge in [-0.25, -0.2) is 0 Å². The van der Waals surface area contributed by atoms with Crippen LogP contribution >= 0.6 is 11.8 Å². The van der Waals surface area contributed by atoms with Gasteiger partial charge in [0.1, 0.15) is 0 Å². The maximum atomic E-state index is 8.72. The molecular weight excluding hydrogens is 216 g/mol. The van der Waals surface area contributed by atoms with Gasteiger partial charge in [0.05, 0.1) is 11.3 Å². The monoisotopic (exact) mass is 232 g/mol. The minimum atomic E-state index is 0.0236. The second-order valence-electron chi connectivity index (χ2n) is 4.19. The molecule has 16 heavy (non-hydrogen) atoms. The maximum Gasteiger partial charge on any atom is 0.0935 e. The van der Waals surface area contributed by atoms with E-state index in [9.17, 15) is 0 Å². The molecule has 0 saturated heterocycles. The Morgan fingerprint density at radius 3 is 2.69 bits per heavy atom. The molecule has 0 aromatic heterocycles. The van der Waals surface area contributed by atoms with Gasteiger partial charge in [0.15, 0.2) is 0 Å². The van der Waals surface area contributed by atoms with Crippen molar-refractivity contribution >= 4 is 11.8 Å². The van der Waals surface area contributed by atoms with E-state index in [4.69, 9.17) is 5.26 Å². The van der Waals surface area contributed by atoms with E-state index in [2.05, 4.69) is 35.7 Å². The minimum absolute atomic E-state index is 0.0236. The zero-order chi connectivity index (χ0) is 11.4. The van der Waals surface area contributed by atoms with E-state index in [1.807, 2.05) is 6.92 Å². The van der Waals surface area contributed by atoms with Gasteiger partial charge in [-0.2, -0.15) is 5.26 Å². The third-order valence-corrected chi connectivity index (χ3v) is 3.59. The molecule has 3 heteroatoms. The van der Waals surface area contributed by atoms with Gasteiger partial charge in [0, 0.05) is 17.5 Å². The normalized spacial score (nSPS) is 16.8. The molecule has 0 bridgehead atoms. The number of nitrogens with one attached hydrogen (secondary N) is 1. The van der Waals surface area contributed by atoms with Crippen molar-refractivity contribution in [3.63, 3.8) is 0 Å². The Hall–Kier alpha value is -0.980. The van der Waals surface area contributed by atoms with Gasteiger partial charge >= 0.3 is 0 Å². The number of rotatable bonds is 5. The van der Waals surface area contributed by atoms with Crippen molar-refractivity contribution in [3.8, 4) is 6.07 Å². The lowest BCUT2D eigenvalue weighted by molar-refractivity contribution is 0.687. The molecule has 0 radical (unpaired) electrons. The maximum absolute atomic E-state index is 8.72. The van der Waals surface area contributed by atoms with Gasteiger partial charge in [-0.3, -0.25) is 0 Å². The largest absolute Gasteiger partial charge is 0.310 e. The molecule has 1 fully saturated rings. The van der Waals surface area contributed by atoms with Crippen molar-refractivity contribution in [2.75, 3.05) is 0 Å². The zero-order valence-corrected chi connectivity index (χ0v) is 10.3. The van der Waals surface area contributed by atoms with Crippen LogP contribution in [0, 0.1) is 11.3 Å². The first kappa shape index (κ1) is 11.5. The van der Waals surface area contributed by atoms with Crippen LogP contribution in [0.3, 0.4) is 0 Å². The van der Waals surface area contributed by atoms with Crippen LogP contribution in [0.1, 0.15) is 25.3 Å². The number of hydrogen-bond donors (Lipinski definition) is 1. The van der Waals surface area contributed by atoms with Crippen LogP contribution < -0.4 is 5.32 Å². The van der Waals surface area contributed by atoms with Crippen LogP contribution in [-0.2, 0) is 6.54 Å². The Balaban J connectivity index is 1.85. The Morgan fingerprint density at radius 2 is 2.12 bits per heavy atom. The van der Waals surface area contributed by atoms with Crippen LogP contribution in [0.5, 0.6) is 0 Å². The fraction of sp³-hybridized carbons (Fsp3) is 0.462. The van der Waals surface area contributed by atoms with Crippen LogP contribution in [0.4, 0.5) is 0 Å². The molecule has 1 aliphatic rings. The van der Waals surface area contributed by atoms with E-state index in [0.29, 0.717) is 0 Å². The average Bonchev–Trinajstić information content (AvgIpc) is 3.12. The topological polar surface area (TPSA) is 35.8 Å². The smallest absolute Gasteiger partial charge is 0.0935 e. The van der Waals surface area contributed by atoms with E-state index in [1.165, 1.54) is 23.3 Å². The quantitative estimate of drug-likeness (QED) is 0.793. The van der Waals surface area contributed by atoms with Gasteiger partial charge in [0.2, 0.25) is 0 Å². The molecule has 1 atom stereocenters. The van der Waals surface area contributed by atoms with Crippen molar-refractivity contribution < 1.29 is 0 Å². The molecular formula is C13H16N2S. The first-order valence-corrected chi connectivity index (χ1v) is 6.54. The summed E-state index contributed by atoms with van der Waals surface area (Å²) in [6.45, 7) is 2.89. The Bertz CT molecular complexity index is 376. The summed E-state index contributed by atoms with van der Waals surface area (Å²) >= 11 is 1.61. The summed E-state index contributed by atoms with van der Waals surface area (Å²) < 4.78 is 0. The highest BCUT2D eigenvalue weighted by Crippen LogP contribution is 2.23. The molecule has 0 heterocycles. The molecule has 2 rings (SSSR count). The van der Waals surface area contributed by atoms with E-state index < -0.39 is 0 Å². The third-order valence-electron chi connectivity index (χ3n) is 2.59. The molecule has 0 aliphatic heterocycles. The van der Waals surface area contributed by atoms with Crippen molar-refractivity contribution in [1.82, 2.24) is 5.32 Å². The summed E-state index contributed by atoms with van der Waals surface area (Å²) in [7, 11) is 0. The highest BCUT2D eigenvalue weighted by Gasteiger charge is 2.19. The van der Waals surface area contributed by atoms with Gasteiger partial charge in [-0.1, -0.05) is 12.1 Å². The summed E-state index contributed by atoms with van der Waals surface area (Å²) in [6.07, 6.45) is 2.65. The van der Waals surface area contributed by atoms with E-state index in [0.717, 1.165) is 12.6 Å². The molecule has 0 amide bonds. The van der Waals surface area contributed by atoms with Gasteiger partial charge in [-0.15, -0.1) is 11.8 Å². The number of thioether (sulfide) groups is 1. The molecule has 2 nitrogen and oxygen atoms in total. The van der Waals surface area contributed by atoms with Crippen molar-refractivity contribution in [2.24, 2.45) is 0 Å². The summed E-state index contributed by atoms with van der Waals surface area (Å²) in [5, 5.41) is 12.2. The first-order valence-electron chi connectivity index (χ1n) is 5.66. The number of nitrogens with zero attached hydrogens (tertiary/aromatic N) is 1. The second-order valence-corrected chi connectivity index (χ2v) is 5.60. The highest BCUT2D eigenvalue weighted by molar-refractivity contribution is 8.00. The van der Waals surface area contributed by atoms with Crippen LogP contribution in [0.15, 0.2) is 29.2 Å². The van der Waals surface area contributed by atoms with Crippen molar-refractivity contribution in [2.45, 2.75) is 42.5 Å². The fourth-order valence-electron chi connectivity index (χ4n) is 1.47. The predicted molar refractivity (Wildman–Crippen MR) is 67.2 cm³/mol. The van der Waals surface area contributed by atoms with Crippen molar-refractivity contribution in [1.29, 1.82) is 5.26 Å². The molecule has 1 aromatic rings. The third kappa shape index (κ3) is 3.55. The molecule has 1 aliphatic carbocycles. The first-order chi connectivity index (χ1) is 7.78. The number of hydrogen-bond acceptors (Lipinski definition) is 3. The summed E-state index contributed by atoms with van der Waals surface area (Å²) in [5.41, 5.74) is 1.32. The van der Waals surface area contributed by atoms with Crippen molar-refractivity contribution in [3.05, 3.63) is 29.8 Å². The average molecular weight is 232 g/mol. The lowest BCUT2D eigenvalue weighted by atomic mass is 10.2. The van der Waals surface area contributed by atoms with E-state index >= 15 is 0 Å². The van der Waals surface area contributed by atoms with E-state index in [1.54, 1.807) is 11.8 Å². The lowest BCUT2D eigenvalue weighted by Gasteiger charge is -2.05. The molecule has 1 N–H and O–H groups in total. The molecule has 84 valence electrons. The number of benzene rings is 1. The molecule has 1 aromatic carbocycles. The molecule has 1 unspecified atom stereocenters. The standard InChI is InChI=1S/C13H16N2S/c1-10(8-14)16-13-6-2-11(3-7-13)9-15-12-4-5-12/h2-3,6-7,10,12,15H,4-5,9H2,1H3. The van der Waals surface area contributed by atoms with Gasteiger partial charge in [0.25, 0.3) is 0 Å². The summed E-state index contributed by atoms with van der Waals surface area (Å²) in [5.74, 6) is 0. The summed E-state index contributed by atoms with van der Waals surface area (Å²) in [4.78, 5) is 1.17. The molecule has 1 saturated carbocycles. The van der Waals surface area contributed by atoms with Gasteiger partial charge < -0.3 is 5.32 Å². The SMILES string of the molecule is CC(C#N)Sc1ccc(CNC2CC2)cc1. The van der Waals surface area contributed by atoms with Crippen LogP contribution in [0.25, 0.3) is 0 Å². The lowest BCUT2D eigenvalue weighted by Crippen LogP contribution is -2.15. The number of nitriles is 1. The fourth-order valence-corrected chi connectivity index (χ4v) is 2.22. The Kier molecular flexibility index (Phi) is 3.87. The second kappa shape index (κ2) is 5.38. The van der Waals surface area contributed by atoms with Gasteiger partial charge in [-0.05, 0) is 37.5 Å².